The summed E-state index contributed by atoms with van der Waals surface area (Å²) in [6, 6.07) is 0.498. The predicted molar refractivity (Wildman–Crippen MR) is 62.0 cm³/mol. The van der Waals surface area contributed by atoms with Crippen LogP contribution in [0.3, 0.4) is 0 Å². The van der Waals surface area contributed by atoms with Crippen molar-refractivity contribution in [3.63, 3.8) is 0 Å². The first-order chi connectivity index (χ1) is 7.40. The van der Waals surface area contributed by atoms with Crippen molar-refractivity contribution in [1.29, 1.82) is 0 Å². The van der Waals surface area contributed by atoms with E-state index in [1.807, 2.05) is 0 Å². The highest BCUT2D eigenvalue weighted by molar-refractivity contribution is 5.95. The lowest BCUT2D eigenvalue weighted by atomic mass is 10.1. The maximum Gasteiger partial charge on any atom is 0.0704 e. The van der Waals surface area contributed by atoms with Gasteiger partial charge in [-0.1, -0.05) is 6.08 Å². The van der Waals surface area contributed by atoms with E-state index in [1.165, 1.54) is 31.4 Å². The Morgan fingerprint density at radius 1 is 1.53 bits per heavy atom. The lowest BCUT2D eigenvalue weighted by Gasteiger charge is -2.22. The molecular formula is C12H20N2O. The number of allylic oxidation sites excluding steroid dienone is 2. The van der Waals surface area contributed by atoms with Crippen LogP contribution in [0.15, 0.2) is 17.3 Å². The van der Waals surface area contributed by atoms with E-state index in [0.717, 1.165) is 19.6 Å². The quantitative estimate of drug-likeness (QED) is 0.710. The molecule has 1 atom stereocenters. The third kappa shape index (κ3) is 2.81. The summed E-state index contributed by atoms with van der Waals surface area (Å²) in [5, 5.41) is 6.94. The Balaban J connectivity index is 1.97. The fraction of sp³-hybridized carbons (Fsp3) is 0.750. The van der Waals surface area contributed by atoms with E-state index in [1.54, 1.807) is 7.11 Å². The number of hydrogen-bond donors (Lipinski definition) is 0. The van der Waals surface area contributed by atoms with Gasteiger partial charge in [0.15, 0.2) is 0 Å². The van der Waals surface area contributed by atoms with E-state index in [0.29, 0.717) is 6.04 Å². The van der Waals surface area contributed by atoms with Gasteiger partial charge in [0.05, 0.1) is 18.4 Å². The van der Waals surface area contributed by atoms with Crippen molar-refractivity contribution in [2.75, 3.05) is 20.3 Å². The van der Waals surface area contributed by atoms with Crippen LogP contribution in [0.2, 0.25) is 0 Å². The zero-order valence-corrected chi connectivity index (χ0v) is 9.48. The SMILES string of the molecule is COC[C@H]1CCCN1/N=C1/C=CCCC1. The number of nitrogens with zero attached hydrogens (tertiary/aromatic N) is 2. The monoisotopic (exact) mass is 208 g/mol. The Kier molecular flexibility index (Phi) is 3.78. The average Bonchev–Trinajstić information content (AvgIpc) is 2.68. The van der Waals surface area contributed by atoms with Gasteiger partial charge in [-0.3, -0.25) is 5.01 Å². The molecule has 0 aromatic rings. The van der Waals surface area contributed by atoms with Crippen LogP contribution in [0.5, 0.6) is 0 Å². The lowest BCUT2D eigenvalue weighted by Crippen LogP contribution is -2.29. The van der Waals surface area contributed by atoms with Gasteiger partial charge >= 0.3 is 0 Å². The Morgan fingerprint density at radius 3 is 3.20 bits per heavy atom. The van der Waals surface area contributed by atoms with E-state index in [-0.39, 0.29) is 0 Å². The molecule has 0 bridgehead atoms. The van der Waals surface area contributed by atoms with Crippen molar-refractivity contribution in [3.8, 4) is 0 Å². The molecule has 1 fully saturated rings. The van der Waals surface area contributed by atoms with Crippen molar-refractivity contribution in [3.05, 3.63) is 12.2 Å². The maximum absolute atomic E-state index is 5.22. The molecule has 84 valence electrons. The van der Waals surface area contributed by atoms with Crippen molar-refractivity contribution in [2.24, 2.45) is 5.10 Å². The first-order valence-electron chi connectivity index (χ1n) is 5.90. The van der Waals surface area contributed by atoms with E-state index in [9.17, 15) is 0 Å². The topological polar surface area (TPSA) is 24.8 Å². The zero-order chi connectivity index (χ0) is 10.5. The fourth-order valence-corrected chi connectivity index (χ4v) is 2.27. The molecule has 3 nitrogen and oxygen atoms in total. The molecule has 1 heterocycles. The number of rotatable bonds is 3. The van der Waals surface area contributed by atoms with Crippen LogP contribution in [-0.4, -0.2) is 37.0 Å². The van der Waals surface area contributed by atoms with Crippen molar-refractivity contribution < 1.29 is 4.74 Å². The zero-order valence-electron chi connectivity index (χ0n) is 9.48. The Labute approximate surface area is 91.8 Å². The smallest absolute Gasteiger partial charge is 0.0704 e. The molecule has 0 amide bonds. The molecule has 0 saturated carbocycles. The average molecular weight is 208 g/mol. The molecule has 2 aliphatic rings. The van der Waals surface area contributed by atoms with E-state index < -0.39 is 0 Å². The van der Waals surface area contributed by atoms with Crippen molar-refractivity contribution in [1.82, 2.24) is 5.01 Å². The van der Waals surface area contributed by atoms with Crippen LogP contribution < -0.4 is 0 Å². The third-order valence-corrected chi connectivity index (χ3v) is 3.08. The standard InChI is InChI=1S/C12H20N2O/c1-15-10-12-8-5-9-14(12)13-11-6-3-2-4-7-11/h3,6,12H,2,4-5,7-10H2,1H3/b13-11-/t12-/m1/s1. The molecule has 2 rings (SSSR count). The summed E-state index contributed by atoms with van der Waals surface area (Å²) in [6.07, 6.45) is 10.4. The number of hydrogen-bond acceptors (Lipinski definition) is 3. The molecule has 3 heteroatoms. The van der Waals surface area contributed by atoms with Gasteiger partial charge in [0.2, 0.25) is 0 Å². The second-order valence-electron chi connectivity index (χ2n) is 4.30. The van der Waals surface area contributed by atoms with Gasteiger partial charge in [0.25, 0.3) is 0 Å². The van der Waals surface area contributed by atoms with E-state index in [2.05, 4.69) is 17.2 Å². The largest absolute Gasteiger partial charge is 0.382 e. The molecule has 0 N–H and O–H groups in total. The predicted octanol–water partition coefficient (Wildman–Crippen LogP) is 2.19. The van der Waals surface area contributed by atoms with Gasteiger partial charge in [-0.05, 0) is 38.2 Å². The Bertz CT molecular complexity index is 260. The Hall–Kier alpha value is -0.830. The highest BCUT2D eigenvalue weighted by Crippen LogP contribution is 2.19. The van der Waals surface area contributed by atoms with Crippen molar-refractivity contribution in [2.45, 2.75) is 38.1 Å². The summed E-state index contributed by atoms with van der Waals surface area (Å²) in [4.78, 5) is 0. The summed E-state index contributed by atoms with van der Waals surface area (Å²) in [7, 11) is 1.77. The van der Waals surface area contributed by atoms with Crippen LogP contribution in [-0.2, 0) is 4.74 Å². The van der Waals surface area contributed by atoms with Crippen LogP contribution in [0.4, 0.5) is 0 Å². The second kappa shape index (κ2) is 5.31. The van der Waals surface area contributed by atoms with Gasteiger partial charge in [-0.25, -0.2) is 0 Å². The molecule has 15 heavy (non-hydrogen) atoms. The normalized spacial score (nSPS) is 29.0. The maximum atomic E-state index is 5.22. The highest BCUT2D eigenvalue weighted by Gasteiger charge is 2.23. The minimum Gasteiger partial charge on any atom is -0.382 e. The first-order valence-corrected chi connectivity index (χ1v) is 5.90. The van der Waals surface area contributed by atoms with E-state index in [4.69, 9.17) is 9.84 Å². The highest BCUT2D eigenvalue weighted by atomic mass is 16.5. The minimum atomic E-state index is 0.498. The van der Waals surface area contributed by atoms with Crippen LogP contribution in [0.1, 0.15) is 32.1 Å². The molecule has 0 spiro atoms. The number of methoxy groups -OCH3 is 1. The third-order valence-electron chi connectivity index (χ3n) is 3.08. The van der Waals surface area contributed by atoms with Gasteiger partial charge in [-0.2, -0.15) is 5.10 Å². The van der Waals surface area contributed by atoms with Gasteiger partial charge in [0.1, 0.15) is 0 Å². The summed E-state index contributed by atoms with van der Waals surface area (Å²) >= 11 is 0. The second-order valence-corrected chi connectivity index (χ2v) is 4.30. The molecule has 0 aromatic carbocycles. The van der Waals surface area contributed by atoms with Gasteiger partial charge in [0, 0.05) is 13.7 Å². The number of ether oxygens (including phenoxy) is 1. The summed E-state index contributed by atoms with van der Waals surface area (Å²) in [5.74, 6) is 0. The molecule has 1 saturated heterocycles. The van der Waals surface area contributed by atoms with Crippen LogP contribution in [0.25, 0.3) is 0 Å². The van der Waals surface area contributed by atoms with Crippen molar-refractivity contribution >= 4 is 5.71 Å². The first kappa shape index (κ1) is 10.7. The van der Waals surface area contributed by atoms with E-state index >= 15 is 0 Å². The minimum absolute atomic E-state index is 0.498. The lowest BCUT2D eigenvalue weighted by molar-refractivity contribution is 0.118. The summed E-state index contributed by atoms with van der Waals surface area (Å²) in [6.45, 7) is 1.89. The van der Waals surface area contributed by atoms with Crippen LogP contribution >= 0.6 is 0 Å². The van der Waals surface area contributed by atoms with Crippen LogP contribution in [0, 0.1) is 0 Å². The summed E-state index contributed by atoms with van der Waals surface area (Å²) < 4.78 is 5.22. The molecular weight excluding hydrogens is 188 g/mol. The molecule has 0 unspecified atom stereocenters. The fourth-order valence-electron chi connectivity index (χ4n) is 2.27. The molecule has 1 aliphatic carbocycles. The molecule has 0 radical (unpaired) electrons. The molecule has 0 aromatic heterocycles. The number of hydrazone groups is 1. The van der Waals surface area contributed by atoms with Gasteiger partial charge in [-0.15, -0.1) is 0 Å². The Morgan fingerprint density at radius 2 is 2.47 bits per heavy atom. The summed E-state index contributed by atoms with van der Waals surface area (Å²) in [5.41, 5.74) is 1.24. The van der Waals surface area contributed by atoms with Gasteiger partial charge < -0.3 is 4.74 Å². The molecule has 1 aliphatic heterocycles.